The number of methoxy groups -OCH3 is 1. The lowest BCUT2D eigenvalue weighted by atomic mass is 9.87. The van der Waals surface area contributed by atoms with Gasteiger partial charge in [-0.15, -0.1) is 0 Å². The summed E-state index contributed by atoms with van der Waals surface area (Å²) in [7, 11) is 1.68. The van der Waals surface area contributed by atoms with E-state index >= 15 is 0 Å². The molecule has 4 heteroatoms. The summed E-state index contributed by atoms with van der Waals surface area (Å²) in [5.74, 6) is 0.0644. The summed E-state index contributed by atoms with van der Waals surface area (Å²) in [6.07, 6.45) is 1.36. The van der Waals surface area contributed by atoms with Crippen LogP contribution in [0.25, 0.3) is 0 Å². The van der Waals surface area contributed by atoms with Gasteiger partial charge in [-0.25, -0.2) is 0 Å². The van der Waals surface area contributed by atoms with Gasteiger partial charge in [-0.05, 0) is 36.1 Å². The molecule has 0 radical (unpaired) electrons. The summed E-state index contributed by atoms with van der Waals surface area (Å²) in [6, 6.07) is 8.07. The number of nitrogens with one attached hydrogen (secondary N) is 2. The highest BCUT2D eigenvalue weighted by molar-refractivity contribution is 5.90. The van der Waals surface area contributed by atoms with Gasteiger partial charge in [-0.1, -0.05) is 32.9 Å². The molecule has 0 saturated heterocycles. The van der Waals surface area contributed by atoms with Crippen LogP contribution < -0.4 is 10.6 Å². The average molecular weight is 292 g/mol. The molecule has 0 aromatic heterocycles. The third-order valence-electron chi connectivity index (χ3n) is 3.25. The normalized spacial score (nSPS) is 11.4. The van der Waals surface area contributed by atoms with Crippen LogP contribution in [0.5, 0.6) is 0 Å². The van der Waals surface area contributed by atoms with Crippen molar-refractivity contribution in [2.24, 2.45) is 0 Å². The summed E-state index contributed by atoms with van der Waals surface area (Å²) in [4.78, 5) is 11.9. The SMILES string of the molecule is COCCNCCCC(=O)Nc1cccc(C(C)(C)C)c1. The Labute approximate surface area is 128 Å². The first-order valence-corrected chi connectivity index (χ1v) is 7.53. The second kappa shape index (κ2) is 8.80. The summed E-state index contributed by atoms with van der Waals surface area (Å²) in [6.45, 7) is 8.86. The van der Waals surface area contributed by atoms with E-state index in [4.69, 9.17) is 4.74 Å². The highest BCUT2D eigenvalue weighted by Crippen LogP contribution is 2.24. The minimum Gasteiger partial charge on any atom is -0.383 e. The molecule has 0 fully saturated rings. The van der Waals surface area contributed by atoms with Crippen molar-refractivity contribution in [2.75, 3.05) is 32.1 Å². The van der Waals surface area contributed by atoms with Crippen molar-refractivity contribution in [3.8, 4) is 0 Å². The maximum Gasteiger partial charge on any atom is 0.224 e. The van der Waals surface area contributed by atoms with Gasteiger partial charge in [0.1, 0.15) is 0 Å². The van der Waals surface area contributed by atoms with Gasteiger partial charge < -0.3 is 15.4 Å². The van der Waals surface area contributed by atoms with Gasteiger partial charge in [0.2, 0.25) is 5.91 Å². The Hall–Kier alpha value is -1.39. The van der Waals surface area contributed by atoms with Gasteiger partial charge >= 0.3 is 0 Å². The molecule has 2 N–H and O–H groups in total. The van der Waals surface area contributed by atoms with Crippen molar-refractivity contribution in [1.29, 1.82) is 0 Å². The van der Waals surface area contributed by atoms with Crippen LogP contribution in [-0.4, -0.2) is 32.7 Å². The molecule has 1 aromatic carbocycles. The van der Waals surface area contributed by atoms with Gasteiger partial charge in [0.15, 0.2) is 0 Å². The quantitative estimate of drug-likeness (QED) is 0.724. The van der Waals surface area contributed by atoms with Crippen LogP contribution in [0, 0.1) is 0 Å². The summed E-state index contributed by atoms with van der Waals surface area (Å²) < 4.78 is 4.95. The van der Waals surface area contributed by atoms with E-state index in [2.05, 4.69) is 43.5 Å². The monoisotopic (exact) mass is 292 g/mol. The molecule has 0 atom stereocenters. The molecule has 0 aliphatic heterocycles. The van der Waals surface area contributed by atoms with Gasteiger partial charge in [0, 0.05) is 25.8 Å². The molecule has 0 saturated carbocycles. The van der Waals surface area contributed by atoms with E-state index in [1.54, 1.807) is 7.11 Å². The van der Waals surface area contributed by atoms with Gasteiger partial charge in [0.25, 0.3) is 0 Å². The fourth-order valence-corrected chi connectivity index (χ4v) is 1.96. The van der Waals surface area contributed by atoms with Crippen molar-refractivity contribution in [2.45, 2.75) is 39.0 Å². The van der Waals surface area contributed by atoms with E-state index in [0.717, 1.165) is 25.2 Å². The maximum absolute atomic E-state index is 11.9. The van der Waals surface area contributed by atoms with Crippen molar-refractivity contribution in [3.05, 3.63) is 29.8 Å². The molecule has 0 heterocycles. The highest BCUT2D eigenvalue weighted by atomic mass is 16.5. The molecule has 118 valence electrons. The van der Waals surface area contributed by atoms with E-state index in [-0.39, 0.29) is 11.3 Å². The van der Waals surface area contributed by atoms with Gasteiger partial charge in [-0.3, -0.25) is 4.79 Å². The minimum absolute atomic E-state index is 0.0644. The van der Waals surface area contributed by atoms with Crippen LogP contribution in [0.2, 0.25) is 0 Å². The topological polar surface area (TPSA) is 50.4 Å². The largest absolute Gasteiger partial charge is 0.383 e. The van der Waals surface area contributed by atoms with E-state index in [0.29, 0.717) is 13.0 Å². The highest BCUT2D eigenvalue weighted by Gasteiger charge is 2.14. The molecule has 4 nitrogen and oxygen atoms in total. The Kier molecular flexibility index (Phi) is 7.40. The third kappa shape index (κ3) is 7.25. The second-order valence-electron chi connectivity index (χ2n) is 6.23. The lowest BCUT2D eigenvalue weighted by Crippen LogP contribution is -2.22. The smallest absolute Gasteiger partial charge is 0.224 e. The predicted octanol–water partition coefficient (Wildman–Crippen LogP) is 2.94. The lowest BCUT2D eigenvalue weighted by Gasteiger charge is -2.19. The van der Waals surface area contributed by atoms with Crippen molar-refractivity contribution < 1.29 is 9.53 Å². The molecule has 1 aromatic rings. The van der Waals surface area contributed by atoms with Gasteiger partial charge in [0.05, 0.1) is 6.61 Å². The lowest BCUT2D eigenvalue weighted by molar-refractivity contribution is -0.116. The number of hydrogen-bond acceptors (Lipinski definition) is 3. The Morgan fingerprint density at radius 3 is 2.67 bits per heavy atom. The number of rotatable bonds is 8. The van der Waals surface area contributed by atoms with Crippen LogP contribution >= 0.6 is 0 Å². The molecule has 0 unspecified atom stereocenters. The average Bonchev–Trinajstić information content (AvgIpc) is 2.42. The second-order valence-corrected chi connectivity index (χ2v) is 6.23. The van der Waals surface area contributed by atoms with E-state index in [1.807, 2.05) is 12.1 Å². The molecule has 1 rings (SSSR count). The van der Waals surface area contributed by atoms with Crippen LogP contribution in [0.15, 0.2) is 24.3 Å². The Balaban J connectivity index is 2.35. The molecule has 0 aliphatic carbocycles. The summed E-state index contributed by atoms with van der Waals surface area (Å²) in [5.41, 5.74) is 2.19. The van der Waals surface area contributed by atoms with E-state index in [1.165, 1.54) is 5.56 Å². The zero-order valence-corrected chi connectivity index (χ0v) is 13.7. The first kappa shape index (κ1) is 17.7. The third-order valence-corrected chi connectivity index (χ3v) is 3.25. The molecular formula is C17H28N2O2. The van der Waals surface area contributed by atoms with Crippen LogP contribution in [0.1, 0.15) is 39.2 Å². The minimum atomic E-state index is 0.0644. The zero-order valence-electron chi connectivity index (χ0n) is 13.7. The summed E-state index contributed by atoms with van der Waals surface area (Å²) >= 11 is 0. The molecule has 0 spiro atoms. The number of anilines is 1. The Bertz CT molecular complexity index is 439. The van der Waals surface area contributed by atoms with Crippen molar-refractivity contribution in [3.63, 3.8) is 0 Å². The van der Waals surface area contributed by atoms with Crippen molar-refractivity contribution in [1.82, 2.24) is 5.32 Å². The Morgan fingerprint density at radius 1 is 1.24 bits per heavy atom. The van der Waals surface area contributed by atoms with E-state index in [9.17, 15) is 4.79 Å². The van der Waals surface area contributed by atoms with Crippen LogP contribution in [0.3, 0.4) is 0 Å². The molecule has 1 amide bonds. The Morgan fingerprint density at radius 2 is 2.00 bits per heavy atom. The standard InChI is InChI=1S/C17H28N2O2/c1-17(2,3)14-7-5-8-15(13-14)19-16(20)9-6-10-18-11-12-21-4/h5,7-8,13,18H,6,9-12H2,1-4H3,(H,19,20). The number of amides is 1. The van der Waals surface area contributed by atoms with Crippen molar-refractivity contribution >= 4 is 11.6 Å². The number of benzene rings is 1. The first-order chi connectivity index (χ1) is 9.93. The van der Waals surface area contributed by atoms with E-state index < -0.39 is 0 Å². The number of ether oxygens (including phenoxy) is 1. The number of hydrogen-bond donors (Lipinski definition) is 2. The molecule has 0 bridgehead atoms. The maximum atomic E-state index is 11.9. The number of carbonyl (C=O) groups is 1. The zero-order chi connectivity index (χ0) is 15.7. The molecule has 0 aliphatic rings. The molecule has 21 heavy (non-hydrogen) atoms. The fourth-order valence-electron chi connectivity index (χ4n) is 1.96. The van der Waals surface area contributed by atoms with Crippen LogP contribution in [-0.2, 0) is 14.9 Å². The predicted molar refractivity (Wildman–Crippen MR) is 87.8 cm³/mol. The van der Waals surface area contributed by atoms with Crippen LogP contribution in [0.4, 0.5) is 5.69 Å². The first-order valence-electron chi connectivity index (χ1n) is 7.53. The molecular weight excluding hydrogens is 264 g/mol. The fraction of sp³-hybridized carbons (Fsp3) is 0.588. The number of carbonyl (C=O) groups excluding carboxylic acids is 1. The van der Waals surface area contributed by atoms with Gasteiger partial charge in [-0.2, -0.15) is 0 Å². The summed E-state index contributed by atoms with van der Waals surface area (Å²) in [5, 5.41) is 6.19.